The van der Waals surface area contributed by atoms with Crippen molar-refractivity contribution in [3.05, 3.63) is 64.2 Å². The smallest absolute Gasteiger partial charge is 0.258 e. The van der Waals surface area contributed by atoms with Crippen LogP contribution < -0.4 is 10.1 Å². The van der Waals surface area contributed by atoms with Gasteiger partial charge in [-0.25, -0.2) is 0 Å². The zero-order valence-corrected chi connectivity index (χ0v) is 12.9. The zero-order valence-electron chi connectivity index (χ0n) is 12.2. The quantitative estimate of drug-likeness (QED) is 0.915. The summed E-state index contributed by atoms with van der Waals surface area (Å²) in [5.41, 5.74) is 3.18. The molecule has 0 heterocycles. The van der Waals surface area contributed by atoms with Crippen LogP contribution in [0.5, 0.6) is 5.75 Å². The SMILES string of the molecule is Cc1cccc(CNC(=O)COc2ccc(Cl)c(C)c2)c1. The first-order valence-corrected chi connectivity index (χ1v) is 7.13. The number of rotatable bonds is 5. The largest absolute Gasteiger partial charge is 0.484 e. The molecule has 110 valence electrons. The summed E-state index contributed by atoms with van der Waals surface area (Å²) in [6.07, 6.45) is 0. The van der Waals surface area contributed by atoms with E-state index in [0.717, 1.165) is 11.1 Å². The standard InChI is InChI=1S/C17H18ClNO2/c1-12-4-3-5-14(8-12)10-19-17(20)11-21-15-6-7-16(18)13(2)9-15/h3-9H,10-11H2,1-2H3,(H,19,20). The summed E-state index contributed by atoms with van der Waals surface area (Å²) < 4.78 is 5.45. The lowest BCUT2D eigenvalue weighted by atomic mass is 10.1. The minimum Gasteiger partial charge on any atom is -0.484 e. The van der Waals surface area contributed by atoms with E-state index < -0.39 is 0 Å². The Balaban J connectivity index is 1.80. The first-order chi connectivity index (χ1) is 10.0. The van der Waals surface area contributed by atoms with E-state index in [0.29, 0.717) is 17.3 Å². The Morgan fingerprint density at radius 2 is 2.00 bits per heavy atom. The lowest BCUT2D eigenvalue weighted by Crippen LogP contribution is -2.28. The summed E-state index contributed by atoms with van der Waals surface area (Å²) in [6, 6.07) is 13.4. The van der Waals surface area contributed by atoms with Gasteiger partial charge >= 0.3 is 0 Å². The number of aryl methyl sites for hydroxylation is 2. The summed E-state index contributed by atoms with van der Waals surface area (Å²) in [5.74, 6) is 0.492. The molecule has 0 saturated carbocycles. The molecule has 0 aliphatic rings. The zero-order chi connectivity index (χ0) is 15.2. The van der Waals surface area contributed by atoms with Gasteiger partial charge in [-0.1, -0.05) is 41.4 Å². The highest BCUT2D eigenvalue weighted by atomic mass is 35.5. The molecule has 0 unspecified atom stereocenters. The maximum absolute atomic E-state index is 11.8. The van der Waals surface area contributed by atoms with Gasteiger partial charge in [-0.05, 0) is 43.2 Å². The highest BCUT2D eigenvalue weighted by Gasteiger charge is 2.04. The fraction of sp³-hybridized carbons (Fsp3) is 0.235. The highest BCUT2D eigenvalue weighted by molar-refractivity contribution is 6.31. The van der Waals surface area contributed by atoms with Crippen molar-refractivity contribution in [1.82, 2.24) is 5.32 Å². The molecule has 0 atom stereocenters. The molecule has 2 aromatic rings. The first-order valence-electron chi connectivity index (χ1n) is 6.76. The van der Waals surface area contributed by atoms with Crippen molar-refractivity contribution in [3.63, 3.8) is 0 Å². The summed E-state index contributed by atoms with van der Waals surface area (Å²) in [6.45, 7) is 4.42. The van der Waals surface area contributed by atoms with Crippen LogP contribution in [0.4, 0.5) is 0 Å². The summed E-state index contributed by atoms with van der Waals surface area (Å²) in [4.78, 5) is 11.8. The molecule has 0 bridgehead atoms. The minimum absolute atomic E-state index is 0.00706. The molecule has 1 amide bonds. The molecule has 0 fully saturated rings. The topological polar surface area (TPSA) is 38.3 Å². The average Bonchev–Trinajstić information content (AvgIpc) is 2.46. The van der Waals surface area contributed by atoms with Gasteiger partial charge in [0.05, 0.1) is 0 Å². The minimum atomic E-state index is -0.149. The van der Waals surface area contributed by atoms with Gasteiger partial charge in [-0.15, -0.1) is 0 Å². The van der Waals surface area contributed by atoms with Crippen LogP contribution in [-0.4, -0.2) is 12.5 Å². The lowest BCUT2D eigenvalue weighted by Gasteiger charge is -2.09. The number of hydrogen-bond acceptors (Lipinski definition) is 2. The van der Waals surface area contributed by atoms with Crippen molar-refractivity contribution in [3.8, 4) is 5.75 Å². The van der Waals surface area contributed by atoms with Crippen LogP contribution in [0.2, 0.25) is 5.02 Å². The second-order valence-corrected chi connectivity index (χ2v) is 5.37. The molecule has 0 spiro atoms. The van der Waals surface area contributed by atoms with E-state index in [1.54, 1.807) is 12.1 Å². The third-order valence-electron chi connectivity index (χ3n) is 3.07. The van der Waals surface area contributed by atoms with Crippen LogP contribution in [-0.2, 0) is 11.3 Å². The third kappa shape index (κ3) is 4.80. The Labute approximate surface area is 129 Å². The van der Waals surface area contributed by atoms with E-state index in [4.69, 9.17) is 16.3 Å². The second kappa shape index (κ2) is 7.14. The van der Waals surface area contributed by atoms with Crippen LogP contribution in [0.15, 0.2) is 42.5 Å². The maximum atomic E-state index is 11.8. The summed E-state index contributed by atoms with van der Waals surface area (Å²) >= 11 is 5.94. The molecule has 2 rings (SSSR count). The molecular formula is C17H18ClNO2. The van der Waals surface area contributed by atoms with E-state index in [-0.39, 0.29) is 12.5 Å². The van der Waals surface area contributed by atoms with E-state index in [2.05, 4.69) is 5.32 Å². The molecule has 0 aliphatic carbocycles. The molecule has 3 nitrogen and oxygen atoms in total. The van der Waals surface area contributed by atoms with E-state index in [9.17, 15) is 4.79 Å². The number of ether oxygens (including phenoxy) is 1. The molecule has 4 heteroatoms. The van der Waals surface area contributed by atoms with Gasteiger partial charge < -0.3 is 10.1 Å². The van der Waals surface area contributed by atoms with Crippen LogP contribution in [0.3, 0.4) is 0 Å². The van der Waals surface area contributed by atoms with Crippen LogP contribution in [0.1, 0.15) is 16.7 Å². The monoisotopic (exact) mass is 303 g/mol. The molecule has 1 N–H and O–H groups in total. The van der Waals surface area contributed by atoms with Crippen LogP contribution in [0, 0.1) is 13.8 Å². The van der Waals surface area contributed by atoms with Crippen molar-refractivity contribution < 1.29 is 9.53 Å². The third-order valence-corrected chi connectivity index (χ3v) is 3.50. The van der Waals surface area contributed by atoms with Gasteiger partial charge in [-0.3, -0.25) is 4.79 Å². The van der Waals surface area contributed by atoms with Crippen molar-refractivity contribution in [2.45, 2.75) is 20.4 Å². The normalized spacial score (nSPS) is 10.2. The average molecular weight is 304 g/mol. The van der Waals surface area contributed by atoms with Crippen LogP contribution >= 0.6 is 11.6 Å². The number of halogens is 1. The predicted octanol–water partition coefficient (Wildman–Crippen LogP) is 3.65. The predicted molar refractivity (Wildman–Crippen MR) is 84.7 cm³/mol. The van der Waals surface area contributed by atoms with Gasteiger partial charge in [-0.2, -0.15) is 0 Å². The Kier molecular flexibility index (Phi) is 5.23. The first kappa shape index (κ1) is 15.4. The second-order valence-electron chi connectivity index (χ2n) is 4.97. The number of hydrogen-bond donors (Lipinski definition) is 1. The fourth-order valence-corrected chi connectivity index (χ4v) is 2.05. The maximum Gasteiger partial charge on any atom is 0.258 e. The Bertz CT molecular complexity index is 640. The molecule has 2 aromatic carbocycles. The van der Waals surface area contributed by atoms with Crippen molar-refractivity contribution in [2.24, 2.45) is 0 Å². The molecule has 0 aliphatic heterocycles. The highest BCUT2D eigenvalue weighted by Crippen LogP contribution is 2.20. The Hall–Kier alpha value is -2.00. The fourth-order valence-electron chi connectivity index (χ4n) is 1.93. The van der Waals surface area contributed by atoms with Gasteiger partial charge in [0.2, 0.25) is 0 Å². The number of carbonyl (C=O) groups excluding carboxylic acids is 1. The van der Waals surface area contributed by atoms with E-state index in [1.807, 2.05) is 44.2 Å². The lowest BCUT2D eigenvalue weighted by molar-refractivity contribution is -0.123. The summed E-state index contributed by atoms with van der Waals surface area (Å²) in [5, 5.41) is 3.52. The Morgan fingerprint density at radius 3 is 2.71 bits per heavy atom. The van der Waals surface area contributed by atoms with Crippen LogP contribution in [0.25, 0.3) is 0 Å². The Morgan fingerprint density at radius 1 is 1.19 bits per heavy atom. The van der Waals surface area contributed by atoms with Gasteiger partial charge in [0.1, 0.15) is 5.75 Å². The van der Waals surface area contributed by atoms with Crippen molar-refractivity contribution >= 4 is 17.5 Å². The molecule has 21 heavy (non-hydrogen) atoms. The number of amides is 1. The van der Waals surface area contributed by atoms with Gasteiger partial charge in [0.25, 0.3) is 5.91 Å². The number of benzene rings is 2. The molecule has 0 aromatic heterocycles. The van der Waals surface area contributed by atoms with Crippen molar-refractivity contribution in [2.75, 3.05) is 6.61 Å². The van der Waals surface area contributed by atoms with Crippen molar-refractivity contribution in [1.29, 1.82) is 0 Å². The number of carbonyl (C=O) groups is 1. The molecular weight excluding hydrogens is 286 g/mol. The number of nitrogens with one attached hydrogen (secondary N) is 1. The molecule has 0 saturated heterocycles. The summed E-state index contributed by atoms with van der Waals surface area (Å²) in [7, 11) is 0. The van der Waals surface area contributed by atoms with Gasteiger partial charge in [0.15, 0.2) is 6.61 Å². The molecule has 0 radical (unpaired) electrons. The van der Waals surface area contributed by atoms with E-state index in [1.165, 1.54) is 5.56 Å². The van der Waals surface area contributed by atoms with E-state index >= 15 is 0 Å². The van der Waals surface area contributed by atoms with Gasteiger partial charge in [0, 0.05) is 11.6 Å².